The van der Waals surface area contributed by atoms with Gasteiger partial charge in [0.15, 0.2) is 0 Å². The fourth-order valence-electron chi connectivity index (χ4n) is 1.16. The van der Waals surface area contributed by atoms with Crippen molar-refractivity contribution in [3.8, 4) is 0 Å². The van der Waals surface area contributed by atoms with E-state index in [-0.39, 0.29) is 0 Å². The molecule has 1 atom stereocenters. The van der Waals surface area contributed by atoms with E-state index in [0.29, 0.717) is 6.08 Å². The van der Waals surface area contributed by atoms with E-state index in [1.165, 1.54) is 0 Å². The first-order valence-corrected chi connectivity index (χ1v) is 3.83. The van der Waals surface area contributed by atoms with E-state index in [1.807, 2.05) is 0 Å². The van der Waals surface area contributed by atoms with Gasteiger partial charge >= 0.3 is 12.4 Å². The van der Waals surface area contributed by atoms with E-state index in [0.717, 1.165) is 12.4 Å². The van der Waals surface area contributed by atoms with Crippen molar-refractivity contribution in [2.24, 2.45) is 5.41 Å². The maximum absolute atomic E-state index is 12.5. The second-order valence-electron chi connectivity index (χ2n) is 3.05. The first-order chi connectivity index (χ1) is 6.66. The molecule has 0 bridgehead atoms. The molecule has 0 aliphatic carbocycles. The van der Waals surface area contributed by atoms with Crippen molar-refractivity contribution in [2.45, 2.75) is 18.8 Å². The minimum atomic E-state index is -5.02. The highest BCUT2D eigenvalue weighted by Gasteiger charge is 2.57. The molecule has 1 aliphatic heterocycles. The first-order valence-electron chi connectivity index (χ1n) is 3.83. The summed E-state index contributed by atoms with van der Waals surface area (Å²) >= 11 is 0. The summed E-state index contributed by atoms with van der Waals surface area (Å²) in [6.45, 7) is 0. The smallest absolute Gasteiger partial charge is 0.368 e. The molecule has 0 aromatic carbocycles. The van der Waals surface area contributed by atoms with E-state index < -0.39 is 24.2 Å². The molecule has 1 N–H and O–H groups in total. The minimum absolute atomic E-state index is 0.417. The normalized spacial score (nSPS) is 20.1. The number of hydrogen-bond acceptors (Lipinski definition) is 1. The van der Waals surface area contributed by atoms with E-state index >= 15 is 0 Å². The van der Waals surface area contributed by atoms with Crippen molar-refractivity contribution in [3.05, 3.63) is 24.6 Å². The predicted octanol–water partition coefficient (Wildman–Crippen LogP) is 2.92. The van der Waals surface area contributed by atoms with Gasteiger partial charge in [-0.25, -0.2) is 0 Å². The molecule has 0 fully saturated rings. The number of nitrogens with one attached hydrogen (secondary N) is 1. The number of dihydropyridines is 1. The van der Waals surface area contributed by atoms with E-state index in [1.54, 1.807) is 6.08 Å². The molecule has 1 nitrogen and oxygen atoms in total. The van der Waals surface area contributed by atoms with Crippen LogP contribution >= 0.6 is 0 Å². The zero-order valence-electron chi connectivity index (χ0n) is 7.21. The van der Waals surface area contributed by atoms with Gasteiger partial charge in [-0.3, -0.25) is 0 Å². The second-order valence-corrected chi connectivity index (χ2v) is 3.05. The minimum Gasteiger partial charge on any atom is -0.368 e. The van der Waals surface area contributed by atoms with Crippen molar-refractivity contribution in [1.82, 2.24) is 5.32 Å². The third-order valence-corrected chi connectivity index (χ3v) is 1.86. The molecule has 0 saturated heterocycles. The van der Waals surface area contributed by atoms with Crippen molar-refractivity contribution >= 4 is 0 Å². The Morgan fingerprint density at radius 2 is 1.73 bits per heavy atom. The molecule has 0 aromatic heterocycles. The van der Waals surface area contributed by atoms with Crippen LogP contribution in [0.25, 0.3) is 0 Å². The summed E-state index contributed by atoms with van der Waals surface area (Å²) in [7, 11) is 0. The Hall–Kier alpha value is -1.14. The maximum Gasteiger partial charge on any atom is 0.402 e. The van der Waals surface area contributed by atoms with Gasteiger partial charge < -0.3 is 5.32 Å². The van der Waals surface area contributed by atoms with Gasteiger partial charge in [-0.05, 0) is 18.4 Å². The lowest BCUT2D eigenvalue weighted by atomic mass is 9.82. The molecular weight excluding hydrogens is 224 g/mol. The summed E-state index contributed by atoms with van der Waals surface area (Å²) in [6.07, 6.45) is -8.31. The van der Waals surface area contributed by atoms with Crippen LogP contribution in [0.1, 0.15) is 6.42 Å². The lowest BCUT2D eigenvalue weighted by Gasteiger charge is -2.31. The van der Waals surface area contributed by atoms with Crippen molar-refractivity contribution in [3.63, 3.8) is 0 Å². The molecule has 0 saturated carbocycles. The van der Waals surface area contributed by atoms with Crippen molar-refractivity contribution in [2.75, 3.05) is 0 Å². The molecule has 1 rings (SSSR count). The highest BCUT2D eigenvalue weighted by molar-refractivity contribution is 5.15. The zero-order chi connectivity index (χ0) is 11.7. The van der Waals surface area contributed by atoms with Crippen LogP contribution in [0.5, 0.6) is 0 Å². The van der Waals surface area contributed by atoms with Gasteiger partial charge in [0, 0.05) is 6.20 Å². The lowest BCUT2D eigenvalue weighted by Crippen LogP contribution is -2.40. The zero-order valence-corrected chi connectivity index (χ0v) is 7.21. The number of rotatable bonds is 1. The average Bonchev–Trinajstić information content (AvgIpc) is 2.00. The number of allylic oxidation sites excluding steroid dienone is 2. The van der Waals surface area contributed by atoms with E-state index in [4.69, 9.17) is 0 Å². The standard InChI is InChI=1S/C8H6F6N/c9-7(10,11)5-6(8(12,13)14)1-3-15-4-2-6/h1,3-4,15H,5H2. The van der Waals surface area contributed by atoms with Gasteiger partial charge in [-0.1, -0.05) is 0 Å². The van der Waals surface area contributed by atoms with Crippen LogP contribution in [0.3, 0.4) is 0 Å². The summed E-state index contributed by atoms with van der Waals surface area (Å²) in [5, 5.41) is 2.21. The van der Waals surface area contributed by atoms with E-state index in [2.05, 4.69) is 5.32 Å². The summed E-state index contributed by atoms with van der Waals surface area (Å²) in [6, 6.07) is 0. The SMILES string of the molecule is FC(F)(F)CC1(C(F)(F)F)[C]=CNC=C1. The third-order valence-electron chi connectivity index (χ3n) is 1.86. The topological polar surface area (TPSA) is 12.0 Å². The molecule has 0 aromatic rings. The predicted molar refractivity (Wildman–Crippen MR) is 39.2 cm³/mol. The Labute approximate surface area is 81.5 Å². The molecule has 0 spiro atoms. The lowest BCUT2D eigenvalue weighted by molar-refractivity contribution is -0.235. The van der Waals surface area contributed by atoms with Gasteiger partial charge in [0.2, 0.25) is 0 Å². The van der Waals surface area contributed by atoms with Gasteiger partial charge in [0.25, 0.3) is 0 Å². The van der Waals surface area contributed by atoms with Gasteiger partial charge in [-0.15, -0.1) is 0 Å². The number of hydrogen-bond donors (Lipinski definition) is 1. The third kappa shape index (κ3) is 2.66. The average molecular weight is 230 g/mol. The molecule has 1 unspecified atom stereocenters. The van der Waals surface area contributed by atoms with Crippen LogP contribution in [0, 0.1) is 11.5 Å². The van der Waals surface area contributed by atoms with Crippen molar-refractivity contribution in [1.29, 1.82) is 0 Å². The Morgan fingerprint density at radius 3 is 2.07 bits per heavy atom. The quantitative estimate of drug-likeness (QED) is 0.683. The molecule has 15 heavy (non-hydrogen) atoms. The Morgan fingerprint density at radius 1 is 1.13 bits per heavy atom. The van der Waals surface area contributed by atoms with Crippen LogP contribution in [0.2, 0.25) is 0 Å². The molecule has 1 radical (unpaired) electrons. The van der Waals surface area contributed by atoms with Crippen LogP contribution in [-0.2, 0) is 0 Å². The van der Waals surface area contributed by atoms with Crippen LogP contribution in [0.15, 0.2) is 18.5 Å². The van der Waals surface area contributed by atoms with E-state index in [9.17, 15) is 26.3 Å². The Balaban J connectivity index is 3.03. The maximum atomic E-state index is 12.5. The summed E-state index contributed by atoms with van der Waals surface area (Å²) in [4.78, 5) is 0. The Bertz CT molecular complexity index is 272. The summed E-state index contributed by atoms with van der Waals surface area (Å²) < 4.78 is 73.4. The molecule has 1 aliphatic rings. The highest BCUT2D eigenvalue weighted by atomic mass is 19.4. The molecule has 7 heteroatoms. The first kappa shape index (κ1) is 11.9. The number of halogens is 6. The molecule has 85 valence electrons. The summed E-state index contributed by atoms with van der Waals surface area (Å²) in [5.74, 6) is 0. The number of alkyl halides is 6. The van der Waals surface area contributed by atoms with Crippen LogP contribution in [-0.4, -0.2) is 12.4 Å². The van der Waals surface area contributed by atoms with Gasteiger partial charge in [0.05, 0.1) is 6.42 Å². The molecule has 1 heterocycles. The summed E-state index contributed by atoms with van der Waals surface area (Å²) in [5.41, 5.74) is -3.07. The second kappa shape index (κ2) is 3.46. The van der Waals surface area contributed by atoms with Gasteiger partial charge in [0.1, 0.15) is 5.41 Å². The van der Waals surface area contributed by atoms with Crippen molar-refractivity contribution < 1.29 is 26.3 Å². The fourth-order valence-corrected chi connectivity index (χ4v) is 1.16. The van der Waals surface area contributed by atoms with Crippen LogP contribution in [0.4, 0.5) is 26.3 Å². The largest absolute Gasteiger partial charge is 0.402 e. The van der Waals surface area contributed by atoms with Crippen LogP contribution < -0.4 is 5.32 Å². The monoisotopic (exact) mass is 230 g/mol. The Kier molecular flexibility index (Phi) is 2.75. The molecular formula is C8H6F6N. The fraction of sp³-hybridized carbons (Fsp3) is 0.500. The highest BCUT2D eigenvalue weighted by Crippen LogP contribution is 2.48. The van der Waals surface area contributed by atoms with Gasteiger partial charge in [-0.2, -0.15) is 26.3 Å². The molecule has 0 amide bonds.